The summed E-state index contributed by atoms with van der Waals surface area (Å²) >= 11 is 0. The maximum atomic E-state index is 9.07. The zero-order valence-corrected chi connectivity index (χ0v) is 13.2. The van der Waals surface area contributed by atoms with E-state index in [1.54, 1.807) is 0 Å². The van der Waals surface area contributed by atoms with Gasteiger partial charge in [0.2, 0.25) is 0 Å². The number of aliphatic hydroxyl groups is 2. The molecule has 0 aliphatic heterocycles. The Morgan fingerprint density at radius 2 is 1.11 bits per heavy atom. The molecular weight excluding hydrogens is 275 g/mol. The molecule has 0 aromatic rings. The number of rotatable bonds is 11. The first-order chi connectivity index (χ1) is 7.78. The predicted molar refractivity (Wildman–Crippen MR) is 82.1 cm³/mol. The second kappa shape index (κ2) is 17.4. The van der Waals surface area contributed by atoms with Gasteiger partial charge in [-0.3, -0.25) is 0 Å². The average molecular weight is 305 g/mol. The highest BCUT2D eigenvalue weighted by atomic mass is 35.5. The van der Waals surface area contributed by atoms with Crippen molar-refractivity contribution in [2.75, 3.05) is 26.3 Å². The zero-order chi connectivity index (χ0) is 12.2. The van der Waals surface area contributed by atoms with E-state index in [0.717, 1.165) is 38.8 Å². The van der Waals surface area contributed by atoms with Crippen LogP contribution in [-0.2, 0) is 0 Å². The second-order valence-corrected chi connectivity index (χ2v) is 4.24. The van der Waals surface area contributed by atoms with E-state index in [0.29, 0.717) is 0 Å². The third-order valence-corrected chi connectivity index (χ3v) is 2.71. The Morgan fingerprint density at radius 1 is 0.778 bits per heavy atom. The molecule has 0 fully saturated rings. The van der Waals surface area contributed by atoms with E-state index in [2.05, 4.69) is 24.5 Å². The fourth-order valence-corrected chi connectivity index (χ4v) is 1.77. The lowest BCUT2D eigenvalue weighted by atomic mass is 10.1. The van der Waals surface area contributed by atoms with E-state index >= 15 is 0 Å². The van der Waals surface area contributed by atoms with Crippen LogP contribution in [0.3, 0.4) is 0 Å². The van der Waals surface area contributed by atoms with Crippen LogP contribution in [0.4, 0.5) is 0 Å². The maximum absolute atomic E-state index is 9.07. The van der Waals surface area contributed by atoms with Gasteiger partial charge in [0.05, 0.1) is 13.2 Å². The summed E-state index contributed by atoms with van der Waals surface area (Å²) in [5, 5.41) is 24.7. The van der Waals surface area contributed by atoms with Crippen molar-refractivity contribution in [1.29, 1.82) is 0 Å². The molecule has 0 heterocycles. The SMILES string of the molecule is CCC[C@@H](CO)NCCN[C@@H](CO)CCC.Cl.Cl. The summed E-state index contributed by atoms with van der Waals surface area (Å²) < 4.78 is 0. The van der Waals surface area contributed by atoms with Gasteiger partial charge in [0.15, 0.2) is 0 Å². The van der Waals surface area contributed by atoms with Crippen LogP contribution in [0.2, 0.25) is 0 Å². The number of halogens is 2. The second-order valence-electron chi connectivity index (χ2n) is 4.24. The molecule has 114 valence electrons. The van der Waals surface area contributed by atoms with Crippen molar-refractivity contribution in [2.45, 2.75) is 51.6 Å². The van der Waals surface area contributed by atoms with E-state index in [1.807, 2.05) is 0 Å². The molecule has 0 rings (SSSR count). The lowest BCUT2D eigenvalue weighted by Gasteiger charge is -2.18. The molecule has 0 bridgehead atoms. The Bertz CT molecular complexity index is 138. The van der Waals surface area contributed by atoms with Gasteiger partial charge < -0.3 is 20.8 Å². The van der Waals surface area contributed by atoms with Crippen molar-refractivity contribution in [2.24, 2.45) is 0 Å². The third kappa shape index (κ3) is 12.9. The molecule has 0 saturated carbocycles. The predicted octanol–water partition coefficient (Wildman–Crippen LogP) is 1.33. The smallest absolute Gasteiger partial charge is 0.0584 e. The van der Waals surface area contributed by atoms with Crippen molar-refractivity contribution >= 4 is 24.8 Å². The number of hydrogen-bond acceptors (Lipinski definition) is 4. The van der Waals surface area contributed by atoms with Gasteiger partial charge >= 0.3 is 0 Å². The Kier molecular flexibility index (Phi) is 22.8. The van der Waals surface area contributed by atoms with E-state index in [-0.39, 0.29) is 50.1 Å². The van der Waals surface area contributed by atoms with Crippen LogP contribution in [-0.4, -0.2) is 48.6 Å². The van der Waals surface area contributed by atoms with Crippen LogP contribution in [0.15, 0.2) is 0 Å². The summed E-state index contributed by atoms with van der Waals surface area (Å²) in [6.45, 7) is 6.31. The van der Waals surface area contributed by atoms with Crippen LogP contribution in [0.25, 0.3) is 0 Å². The molecule has 0 spiro atoms. The Balaban J connectivity index is -0.00000112. The zero-order valence-electron chi connectivity index (χ0n) is 11.5. The number of aliphatic hydroxyl groups excluding tert-OH is 2. The van der Waals surface area contributed by atoms with Gasteiger partial charge in [-0.2, -0.15) is 0 Å². The molecule has 6 heteroatoms. The quantitative estimate of drug-likeness (QED) is 0.435. The van der Waals surface area contributed by atoms with Crippen LogP contribution >= 0.6 is 24.8 Å². The monoisotopic (exact) mass is 304 g/mol. The highest BCUT2D eigenvalue weighted by molar-refractivity contribution is 5.85. The Morgan fingerprint density at radius 3 is 1.33 bits per heavy atom. The molecule has 0 saturated heterocycles. The third-order valence-electron chi connectivity index (χ3n) is 2.71. The first-order valence-electron chi connectivity index (χ1n) is 6.46. The first kappa shape index (κ1) is 23.5. The summed E-state index contributed by atoms with van der Waals surface area (Å²) in [4.78, 5) is 0. The molecular formula is C12H30Cl2N2O2. The van der Waals surface area contributed by atoms with Gasteiger partial charge in [-0.05, 0) is 12.8 Å². The van der Waals surface area contributed by atoms with Crippen LogP contribution in [0.5, 0.6) is 0 Å². The minimum atomic E-state index is 0. The minimum absolute atomic E-state index is 0. The lowest BCUT2D eigenvalue weighted by molar-refractivity contribution is 0.224. The van der Waals surface area contributed by atoms with Crippen molar-refractivity contribution in [3.63, 3.8) is 0 Å². The van der Waals surface area contributed by atoms with E-state index in [1.165, 1.54) is 0 Å². The fraction of sp³-hybridized carbons (Fsp3) is 1.00. The van der Waals surface area contributed by atoms with Crippen molar-refractivity contribution in [1.82, 2.24) is 10.6 Å². The Labute approximate surface area is 124 Å². The lowest BCUT2D eigenvalue weighted by Crippen LogP contribution is -2.41. The van der Waals surface area contributed by atoms with Gasteiger partial charge in [0.25, 0.3) is 0 Å². The van der Waals surface area contributed by atoms with Gasteiger partial charge in [-0.1, -0.05) is 26.7 Å². The summed E-state index contributed by atoms with van der Waals surface area (Å²) in [7, 11) is 0. The molecule has 0 aromatic heterocycles. The molecule has 0 unspecified atom stereocenters. The molecule has 0 radical (unpaired) electrons. The normalized spacial score (nSPS) is 13.3. The van der Waals surface area contributed by atoms with Gasteiger partial charge in [-0.15, -0.1) is 24.8 Å². The topological polar surface area (TPSA) is 64.5 Å². The summed E-state index contributed by atoms with van der Waals surface area (Å²) in [5.41, 5.74) is 0. The minimum Gasteiger partial charge on any atom is -0.395 e. The van der Waals surface area contributed by atoms with Crippen molar-refractivity contribution in [3.05, 3.63) is 0 Å². The molecule has 4 N–H and O–H groups in total. The van der Waals surface area contributed by atoms with E-state index in [9.17, 15) is 0 Å². The van der Waals surface area contributed by atoms with Crippen molar-refractivity contribution in [3.8, 4) is 0 Å². The fourth-order valence-electron chi connectivity index (χ4n) is 1.77. The number of hydrogen-bond donors (Lipinski definition) is 4. The highest BCUT2D eigenvalue weighted by Gasteiger charge is 2.06. The van der Waals surface area contributed by atoms with Gasteiger partial charge in [-0.25, -0.2) is 0 Å². The van der Waals surface area contributed by atoms with Gasteiger partial charge in [0.1, 0.15) is 0 Å². The van der Waals surface area contributed by atoms with Crippen LogP contribution in [0.1, 0.15) is 39.5 Å². The molecule has 0 aliphatic rings. The number of nitrogens with one attached hydrogen (secondary N) is 2. The maximum Gasteiger partial charge on any atom is 0.0584 e. The molecule has 4 nitrogen and oxygen atoms in total. The Hall–Kier alpha value is 0.420. The summed E-state index contributed by atoms with van der Waals surface area (Å²) in [6, 6.07) is 0.427. The standard InChI is InChI=1S/C12H28N2O2.2ClH/c1-3-5-11(9-15)13-7-8-14-12(10-16)6-4-2;;/h11-16H,3-10H2,1-2H3;2*1H/t11-,12+;;. The van der Waals surface area contributed by atoms with Crippen LogP contribution in [0, 0.1) is 0 Å². The van der Waals surface area contributed by atoms with E-state index in [4.69, 9.17) is 10.2 Å². The van der Waals surface area contributed by atoms with E-state index < -0.39 is 0 Å². The van der Waals surface area contributed by atoms with Crippen molar-refractivity contribution < 1.29 is 10.2 Å². The molecule has 18 heavy (non-hydrogen) atoms. The molecule has 0 amide bonds. The van der Waals surface area contributed by atoms with Gasteiger partial charge in [0, 0.05) is 25.2 Å². The molecule has 2 atom stereocenters. The average Bonchev–Trinajstić information content (AvgIpc) is 2.31. The largest absolute Gasteiger partial charge is 0.395 e. The highest BCUT2D eigenvalue weighted by Crippen LogP contribution is 1.96. The summed E-state index contributed by atoms with van der Waals surface area (Å²) in [6.07, 6.45) is 4.19. The first-order valence-corrected chi connectivity index (χ1v) is 6.46. The summed E-state index contributed by atoms with van der Waals surface area (Å²) in [5.74, 6) is 0. The molecule has 0 aliphatic carbocycles. The molecule has 0 aromatic carbocycles. The van der Waals surface area contributed by atoms with Crippen LogP contribution < -0.4 is 10.6 Å².